The van der Waals surface area contributed by atoms with Crippen molar-refractivity contribution in [3.8, 4) is 5.75 Å². The Morgan fingerprint density at radius 2 is 1.48 bits per heavy atom. The van der Waals surface area contributed by atoms with E-state index < -0.39 is 0 Å². The van der Waals surface area contributed by atoms with E-state index in [0.717, 1.165) is 16.8 Å². The largest absolute Gasteiger partial charge is 0.493 e. The Morgan fingerprint density at radius 1 is 0.848 bits per heavy atom. The fraction of sp³-hybridized carbons (Fsp3) is 0.214. The molecule has 5 nitrogen and oxygen atoms in total. The summed E-state index contributed by atoms with van der Waals surface area (Å²) in [5.41, 5.74) is 3.90. The van der Waals surface area contributed by atoms with E-state index in [-0.39, 0.29) is 11.8 Å². The normalized spacial score (nSPS) is 13.8. The molecule has 5 heteroatoms. The molecular weight excluding hydrogens is 412 g/mol. The van der Waals surface area contributed by atoms with Gasteiger partial charge in [0.1, 0.15) is 11.4 Å². The molecule has 4 rings (SSSR count). The molecule has 0 aromatic heterocycles. The third-order valence-corrected chi connectivity index (χ3v) is 5.56. The van der Waals surface area contributed by atoms with Crippen molar-refractivity contribution in [2.45, 2.75) is 20.8 Å². The maximum atomic E-state index is 13.7. The zero-order valence-corrected chi connectivity index (χ0v) is 19.4. The van der Waals surface area contributed by atoms with Gasteiger partial charge in [-0.3, -0.25) is 9.59 Å². The number of rotatable bonds is 7. The van der Waals surface area contributed by atoms with Crippen molar-refractivity contribution in [1.82, 2.24) is 0 Å². The first-order chi connectivity index (χ1) is 15.9. The summed E-state index contributed by atoms with van der Waals surface area (Å²) in [4.78, 5) is 30.3. The van der Waals surface area contributed by atoms with Crippen LogP contribution in [0.5, 0.6) is 5.75 Å². The van der Waals surface area contributed by atoms with Gasteiger partial charge in [-0.15, -0.1) is 0 Å². The number of hydrogen-bond donors (Lipinski definition) is 0. The lowest BCUT2D eigenvalue weighted by molar-refractivity contribution is -0.120. The van der Waals surface area contributed by atoms with Crippen molar-refractivity contribution < 1.29 is 14.3 Å². The third-order valence-electron chi connectivity index (χ3n) is 5.56. The molecule has 1 aliphatic rings. The van der Waals surface area contributed by atoms with Crippen LogP contribution < -0.4 is 14.5 Å². The summed E-state index contributed by atoms with van der Waals surface area (Å²) in [5.74, 6) is 0.430. The number of benzene rings is 3. The number of carbonyl (C=O) groups is 2. The summed E-state index contributed by atoms with van der Waals surface area (Å²) in [6.07, 6.45) is 0. The summed E-state index contributed by atoms with van der Waals surface area (Å²) in [6, 6.07) is 24.3. The van der Waals surface area contributed by atoms with Gasteiger partial charge >= 0.3 is 0 Å². The SMILES string of the molecule is Cc1ccc(C2=C(N(C)c3ccccc3)C(=O)N(c3ccc(OCC(C)C)cc3)C2=O)cc1. The van der Waals surface area contributed by atoms with Gasteiger partial charge in [0.05, 0.1) is 17.9 Å². The van der Waals surface area contributed by atoms with Crippen molar-refractivity contribution >= 4 is 28.8 Å². The Morgan fingerprint density at radius 3 is 2.09 bits per heavy atom. The highest BCUT2D eigenvalue weighted by Gasteiger charge is 2.42. The number of amides is 2. The van der Waals surface area contributed by atoms with Crippen molar-refractivity contribution in [3.05, 3.63) is 95.7 Å². The van der Waals surface area contributed by atoms with Crippen LogP contribution in [0.4, 0.5) is 11.4 Å². The zero-order chi connectivity index (χ0) is 23.5. The van der Waals surface area contributed by atoms with Crippen LogP contribution in [0, 0.1) is 12.8 Å². The summed E-state index contributed by atoms with van der Waals surface area (Å²) in [7, 11) is 1.82. The molecule has 0 aliphatic carbocycles. The molecule has 0 N–H and O–H groups in total. The minimum atomic E-state index is -0.349. The number of imide groups is 1. The van der Waals surface area contributed by atoms with Crippen LogP contribution in [0.15, 0.2) is 84.6 Å². The maximum Gasteiger partial charge on any atom is 0.282 e. The molecule has 0 unspecified atom stereocenters. The number of hydrogen-bond acceptors (Lipinski definition) is 4. The molecule has 33 heavy (non-hydrogen) atoms. The second-order valence-corrected chi connectivity index (χ2v) is 8.63. The van der Waals surface area contributed by atoms with Crippen molar-refractivity contribution in [1.29, 1.82) is 0 Å². The van der Waals surface area contributed by atoms with Crippen LogP contribution in [-0.4, -0.2) is 25.5 Å². The van der Waals surface area contributed by atoms with Crippen molar-refractivity contribution in [2.24, 2.45) is 5.92 Å². The standard InChI is InChI=1S/C28H28N2O3/c1-19(2)18-33-24-16-14-23(15-17-24)30-27(31)25(21-12-10-20(3)11-13-21)26(28(30)32)29(4)22-8-6-5-7-9-22/h5-17,19H,18H2,1-4H3. The smallest absolute Gasteiger partial charge is 0.282 e. The summed E-state index contributed by atoms with van der Waals surface area (Å²) in [5, 5.41) is 0. The Labute approximate surface area is 194 Å². The number of aryl methyl sites for hydroxylation is 1. The number of ether oxygens (including phenoxy) is 1. The van der Waals surface area contributed by atoms with Crippen molar-refractivity contribution in [3.63, 3.8) is 0 Å². The van der Waals surface area contributed by atoms with Crippen LogP contribution in [0.25, 0.3) is 5.57 Å². The quantitative estimate of drug-likeness (QED) is 0.459. The monoisotopic (exact) mass is 440 g/mol. The topological polar surface area (TPSA) is 49.9 Å². The highest BCUT2D eigenvalue weighted by Crippen LogP contribution is 2.36. The van der Waals surface area contributed by atoms with E-state index in [1.807, 2.05) is 68.6 Å². The zero-order valence-electron chi connectivity index (χ0n) is 19.4. The molecule has 1 aliphatic heterocycles. The molecule has 2 amide bonds. The molecule has 0 radical (unpaired) electrons. The number of para-hydroxylation sites is 1. The highest BCUT2D eigenvalue weighted by atomic mass is 16.5. The molecule has 0 bridgehead atoms. The van der Waals surface area contributed by atoms with E-state index in [1.165, 1.54) is 4.90 Å². The average Bonchev–Trinajstić information content (AvgIpc) is 3.08. The maximum absolute atomic E-state index is 13.7. The summed E-state index contributed by atoms with van der Waals surface area (Å²) >= 11 is 0. The van der Waals surface area contributed by atoms with E-state index in [0.29, 0.717) is 35.2 Å². The van der Waals surface area contributed by atoms with Gasteiger partial charge in [0.15, 0.2) is 0 Å². The van der Waals surface area contributed by atoms with Crippen LogP contribution >= 0.6 is 0 Å². The van der Waals surface area contributed by atoms with E-state index in [2.05, 4.69) is 13.8 Å². The first-order valence-electron chi connectivity index (χ1n) is 11.1. The van der Waals surface area contributed by atoms with Gasteiger partial charge < -0.3 is 9.64 Å². The van der Waals surface area contributed by atoms with Crippen molar-refractivity contribution in [2.75, 3.05) is 23.5 Å². The molecule has 168 valence electrons. The lowest BCUT2D eigenvalue weighted by Crippen LogP contribution is -2.34. The molecular formula is C28H28N2O3. The Bertz CT molecular complexity index is 1180. The van der Waals surface area contributed by atoms with Gasteiger partial charge in [0.2, 0.25) is 0 Å². The second-order valence-electron chi connectivity index (χ2n) is 8.63. The first kappa shape index (κ1) is 22.3. The molecule has 0 fully saturated rings. The van der Waals surface area contributed by atoms with Gasteiger partial charge in [-0.05, 0) is 54.8 Å². The number of anilines is 2. The predicted molar refractivity (Wildman–Crippen MR) is 132 cm³/mol. The number of nitrogens with zero attached hydrogens (tertiary/aromatic N) is 2. The minimum Gasteiger partial charge on any atom is -0.493 e. The molecule has 0 spiro atoms. The highest BCUT2D eigenvalue weighted by molar-refractivity contribution is 6.46. The summed E-state index contributed by atoms with van der Waals surface area (Å²) in [6.45, 7) is 6.76. The van der Waals surface area contributed by atoms with Crippen LogP contribution in [0.1, 0.15) is 25.0 Å². The molecule has 3 aromatic rings. The molecule has 3 aromatic carbocycles. The molecule has 0 atom stereocenters. The van der Waals surface area contributed by atoms with Crippen LogP contribution in [0.2, 0.25) is 0 Å². The lowest BCUT2D eigenvalue weighted by Gasteiger charge is -2.21. The van der Waals surface area contributed by atoms with E-state index >= 15 is 0 Å². The Balaban J connectivity index is 1.74. The van der Waals surface area contributed by atoms with E-state index in [9.17, 15) is 9.59 Å². The Kier molecular flexibility index (Phi) is 6.31. The minimum absolute atomic E-state index is 0.336. The van der Waals surface area contributed by atoms with Gasteiger partial charge in [-0.25, -0.2) is 4.90 Å². The third kappa shape index (κ3) is 4.53. The van der Waals surface area contributed by atoms with E-state index in [4.69, 9.17) is 4.74 Å². The predicted octanol–water partition coefficient (Wildman–Crippen LogP) is 5.45. The van der Waals surface area contributed by atoms with Gasteiger partial charge in [0.25, 0.3) is 11.8 Å². The molecule has 0 saturated carbocycles. The van der Waals surface area contributed by atoms with Gasteiger partial charge in [-0.2, -0.15) is 0 Å². The summed E-state index contributed by atoms with van der Waals surface area (Å²) < 4.78 is 5.75. The van der Waals surface area contributed by atoms with Crippen LogP contribution in [0.3, 0.4) is 0 Å². The fourth-order valence-corrected chi connectivity index (χ4v) is 3.78. The number of likely N-dealkylation sites (N-methyl/N-ethyl adjacent to an activating group) is 1. The fourth-order valence-electron chi connectivity index (χ4n) is 3.78. The van der Waals surface area contributed by atoms with Gasteiger partial charge in [-0.1, -0.05) is 61.9 Å². The van der Waals surface area contributed by atoms with Gasteiger partial charge in [0, 0.05) is 12.7 Å². The Hall–Kier alpha value is -3.86. The van der Waals surface area contributed by atoms with Crippen LogP contribution in [-0.2, 0) is 9.59 Å². The van der Waals surface area contributed by atoms with E-state index in [1.54, 1.807) is 29.2 Å². The lowest BCUT2D eigenvalue weighted by atomic mass is 10.0. The second kappa shape index (κ2) is 9.33. The average molecular weight is 441 g/mol. The molecule has 0 saturated heterocycles. The first-order valence-corrected chi connectivity index (χ1v) is 11.1. The number of carbonyl (C=O) groups excluding carboxylic acids is 2. The molecule has 1 heterocycles.